The van der Waals surface area contributed by atoms with Crippen molar-refractivity contribution in [2.75, 3.05) is 18.6 Å². The van der Waals surface area contributed by atoms with Crippen LogP contribution in [0, 0.1) is 0 Å². The van der Waals surface area contributed by atoms with Gasteiger partial charge in [-0.05, 0) is 46.5 Å². The number of carbonyl (C=O) groups is 2. The normalized spacial score (nSPS) is 12.6. The van der Waals surface area contributed by atoms with Crippen LogP contribution in [0.2, 0.25) is 0 Å². The molecule has 0 saturated heterocycles. The fraction of sp³-hybridized carbons (Fsp3) is 0.429. The first-order valence-electron chi connectivity index (χ1n) is 6.63. The maximum absolute atomic E-state index is 12.2. The molecule has 0 fully saturated rings. The summed E-state index contributed by atoms with van der Waals surface area (Å²) in [5.41, 5.74) is 0.310. The first-order chi connectivity index (χ1) is 10.7. The Balaban J connectivity index is 2.75. The predicted octanol–water partition coefficient (Wildman–Crippen LogP) is 2.98. The molecule has 0 saturated carbocycles. The van der Waals surface area contributed by atoms with Crippen LogP contribution in [0.25, 0.3) is 0 Å². The third kappa shape index (κ3) is 7.26. The summed E-state index contributed by atoms with van der Waals surface area (Å²) in [6.45, 7) is -1.42. The minimum absolute atomic E-state index is 0.237. The van der Waals surface area contributed by atoms with Gasteiger partial charge in [0.15, 0.2) is 0 Å². The molecule has 0 heterocycles. The molecule has 0 spiro atoms. The van der Waals surface area contributed by atoms with Gasteiger partial charge in [0.25, 0.3) is 5.91 Å². The van der Waals surface area contributed by atoms with E-state index in [-0.39, 0.29) is 6.42 Å². The van der Waals surface area contributed by atoms with Crippen molar-refractivity contribution in [1.82, 2.24) is 10.6 Å². The number of thioether (sulfide) groups is 1. The summed E-state index contributed by atoms with van der Waals surface area (Å²) in [6.07, 6.45) is -2.45. The lowest BCUT2D eigenvalue weighted by atomic mass is 10.1. The van der Waals surface area contributed by atoms with Crippen LogP contribution in [0.1, 0.15) is 16.8 Å². The summed E-state index contributed by atoms with van der Waals surface area (Å²) in [4.78, 5) is 24.1. The molecule has 1 unspecified atom stereocenters. The van der Waals surface area contributed by atoms with Gasteiger partial charge >= 0.3 is 6.18 Å². The van der Waals surface area contributed by atoms with E-state index in [1.165, 1.54) is 11.8 Å². The van der Waals surface area contributed by atoms with Gasteiger partial charge < -0.3 is 10.6 Å². The van der Waals surface area contributed by atoms with Crippen molar-refractivity contribution in [3.63, 3.8) is 0 Å². The molecular weight excluding hydrogens is 397 g/mol. The quantitative estimate of drug-likeness (QED) is 0.723. The highest BCUT2D eigenvalue weighted by atomic mass is 79.9. The lowest BCUT2D eigenvalue weighted by molar-refractivity contribution is -0.139. The molecule has 0 aliphatic rings. The standard InChI is InChI=1S/C14H16BrF3N2O2S/c1-23-7-6-11(13(22)19-8-14(16,17)18)20-12(21)9-4-2-3-5-10(9)15/h2-5,11H,6-8H2,1H3,(H,19,22)(H,20,21). The van der Waals surface area contributed by atoms with Crippen LogP contribution < -0.4 is 10.6 Å². The highest BCUT2D eigenvalue weighted by molar-refractivity contribution is 9.10. The van der Waals surface area contributed by atoms with Crippen LogP contribution in [0.3, 0.4) is 0 Å². The van der Waals surface area contributed by atoms with Gasteiger partial charge in [0.05, 0.1) is 5.56 Å². The zero-order valence-electron chi connectivity index (χ0n) is 12.2. The third-order valence-electron chi connectivity index (χ3n) is 2.81. The molecule has 23 heavy (non-hydrogen) atoms. The highest BCUT2D eigenvalue weighted by Crippen LogP contribution is 2.16. The van der Waals surface area contributed by atoms with Gasteiger partial charge in [-0.1, -0.05) is 12.1 Å². The van der Waals surface area contributed by atoms with Gasteiger partial charge in [0.1, 0.15) is 12.6 Å². The van der Waals surface area contributed by atoms with Crippen LogP contribution in [-0.2, 0) is 4.79 Å². The average molecular weight is 413 g/mol. The Morgan fingerprint density at radius 3 is 2.52 bits per heavy atom. The van der Waals surface area contributed by atoms with E-state index in [1.807, 2.05) is 0 Å². The minimum atomic E-state index is -4.49. The van der Waals surface area contributed by atoms with Crippen molar-refractivity contribution in [2.24, 2.45) is 0 Å². The van der Waals surface area contributed by atoms with Crippen molar-refractivity contribution in [3.05, 3.63) is 34.3 Å². The molecule has 1 atom stereocenters. The summed E-state index contributed by atoms with van der Waals surface area (Å²) >= 11 is 4.65. The summed E-state index contributed by atoms with van der Waals surface area (Å²) in [6, 6.07) is 5.57. The number of hydrogen-bond donors (Lipinski definition) is 2. The Bertz CT molecular complexity index is 555. The number of carbonyl (C=O) groups excluding carboxylic acids is 2. The Morgan fingerprint density at radius 1 is 1.30 bits per heavy atom. The average Bonchev–Trinajstić information content (AvgIpc) is 2.48. The van der Waals surface area contributed by atoms with Crippen molar-refractivity contribution in [2.45, 2.75) is 18.6 Å². The van der Waals surface area contributed by atoms with Gasteiger partial charge in [-0.3, -0.25) is 9.59 Å². The van der Waals surface area contributed by atoms with E-state index >= 15 is 0 Å². The zero-order valence-corrected chi connectivity index (χ0v) is 14.6. The Hall–Kier alpha value is -1.22. The Labute approximate surface area is 144 Å². The lowest BCUT2D eigenvalue weighted by Gasteiger charge is -2.19. The second kappa shape index (κ2) is 9.17. The molecule has 9 heteroatoms. The maximum atomic E-state index is 12.2. The monoisotopic (exact) mass is 412 g/mol. The van der Waals surface area contributed by atoms with E-state index in [9.17, 15) is 22.8 Å². The Morgan fingerprint density at radius 2 is 1.96 bits per heavy atom. The molecule has 4 nitrogen and oxygen atoms in total. The van der Waals surface area contributed by atoms with Gasteiger partial charge in [-0.25, -0.2) is 0 Å². The minimum Gasteiger partial charge on any atom is -0.345 e. The summed E-state index contributed by atoms with van der Waals surface area (Å²) in [5, 5.41) is 4.29. The van der Waals surface area contributed by atoms with E-state index < -0.39 is 30.6 Å². The first-order valence-corrected chi connectivity index (χ1v) is 8.82. The molecule has 1 aromatic carbocycles. The molecule has 0 aliphatic heterocycles. The van der Waals surface area contributed by atoms with Crippen LogP contribution >= 0.6 is 27.7 Å². The van der Waals surface area contributed by atoms with Gasteiger partial charge in [0.2, 0.25) is 5.91 Å². The molecule has 128 valence electrons. The van der Waals surface area contributed by atoms with E-state index in [2.05, 4.69) is 21.2 Å². The number of hydrogen-bond acceptors (Lipinski definition) is 3. The lowest BCUT2D eigenvalue weighted by Crippen LogP contribution is -2.49. The van der Waals surface area contributed by atoms with Crippen molar-refractivity contribution >= 4 is 39.5 Å². The van der Waals surface area contributed by atoms with Gasteiger partial charge in [-0.15, -0.1) is 0 Å². The summed E-state index contributed by atoms with van der Waals surface area (Å²) in [5.74, 6) is -0.845. The van der Waals surface area contributed by atoms with E-state index in [0.29, 0.717) is 15.8 Å². The van der Waals surface area contributed by atoms with Gasteiger partial charge in [0, 0.05) is 4.47 Å². The van der Waals surface area contributed by atoms with Gasteiger partial charge in [-0.2, -0.15) is 24.9 Å². The fourth-order valence-corrected chi connectivity index (χ4v) is 2.63. The molecule has 1 rings (SSSR count). The topological polar surface area (TPSA) is 58.2 Å². The number of halogens is 4. The number of amides is 2. The number of nitrogens with one attached hydrogen (secondary N) is 2. The molecule has 2 amide bonds. The number of rotatable bonds is 7. The number of alkyl halides is 3. The van der Waals surface area contributed by atoms with E-state index in [0.717, 1.165) is 0 Å². The van der Waals surface area contributed by atoms with Crippen LogP contribution in [0.5, 0.6) is 0 Å². The second-order valence-corrected chi connectivity index (χ2v) is 6.46. The first kappa shape index (κ1) is 19.8. The predicted molar refractivity (Wildman–Crippen MR) is 87.5 cm³/mol. The van der Waals surface area contributed by atoms with Crippen LogP contribution in [-0.4, -0.2) is 42.6 Å². The molecule has 0 bridgehead atoms. The summed E-state index contributed by atoms with van der Waals surface area (Å²) < 4.78 is 37.1. The van der Waals surface area contributed by atoms with Crippen LogP contribution in [0.4, 0.5) is 13.2 Å². The molecule has 0 radical (unpaired) electrons. The maximum Gasteiger partial charge on any atom is 0.405 e. The van der Waals surface area contributed by atoms with Crippen molar-refractivity contribution < 1.29 is 22.8 Å². The fourth-order valence-electron chi connectivity index (χ4n) is 1.70. The Kier molecular flexibility index (Phi) is 7.90. The SMILES string of the molecule is CSCCC(NC(=O)c1ccccc1Br)C(=O)NCC(F)(F)F. The van der Waals surface area contributed by atoms with Crippen molar-refractivity contribution in [3.8, 4) is 0 Å². The van der Waals surface area contributed by atoms with Crippen molar-refractivity contribution in [1.29, 1.82) is 0 Å². The molecule has 1 aromatic rings. The third-order valence-corrected chi connectivity index (χ3v) is 4.15. The highest BCUT2D eigenvalue weighted by Gasteiger charge is 2.30. The second-order valence-electron chi connectivity index (χ2n) is 4.62. The molecular formula is C14H16BrF3N2O2S. The molecule has 0 aliphatic carbocycles. The molecule has 2 N–H and O–H groups in total. The van der Waals surface area contributed by atoms with E-state index in [1.54, 1.807) is 35.8 Å². The van der Waals surface area contributed by atoms with Crippen LogP contribution in [0.15, 0.2) is 28.7 Å². The zero-order chi connectivity index (χ0) is 17.5. The van der Waals surface area contributed by atoms with E-state index in [4.69, 9.17) is 0 Å². The molecule has 0 aromatic heterocycles. The summed E-state index contributed by atoms with van der Waals surface area (Å²) in [7, 11) is 0. The largest absolute Gasteiger partial charge is 0.405 e. The smallest absolute Gasteiger partial charge is 0.345 e. The number of benzene rings is 1.